The summed E-state index contributed by atoms with van der Waals surface area (Å²) < 4.78 is 1.76. The molecule has 0 saturated heterocycles. The van der Waals surface area contributed by atoms with Crippen molar-refractivity contribution in [3.63, 3.8) is 0 Å². The van der Waals surface area contributed by atoms with Crippen molar-refractivity contribution in [1.82, 2.24) is 14.9 Å². The largest absolute Gasteiger partial charge is 0.369 e. The van der Waals surface area contributed by atoms with Gasteiger partial charge in [-0.3, -0.25) is 4.79 Å². The first-order chi connectivity index (χ1) is 9.52. The number of fused-ring (bicyclic) bond motifs is 1. The normalized spacial score (nSPS) is 10.7. The average Bonchev–Trinajstić information content (AvgIpc) is 2.71. The van der Waals surface area contributed by atoms with Crippen molar-refractivity contribution in [2.24, 2.45) is 0 Å². The second-order valence-electron chi connectivity index (χ2n) is 4.88. The SMILES string of the molecule is CC(C)NC(=O)CCn1c(N)nc2c(C#N)cccc21. The molecule has 2 aromatic rings. The Labute approximate surface area is 117 Å². The summed E-state index contributed by atoms with van der Waals surface area (Å²) in [5, 5.41) is 11.9. The first kappa shape index (κ1) is 13.9. The van der Waals surface area contributed by atoms with Crippen LogP contribution in [0, 0.1) is 11.3 Å². The summed E-state index contributed by atoms with van der Waals surface area (Å²) in [7, 11) is 0. The van der Waals surface area contributed by atoms with E-state index in [1.165, 1.54) is 0 Å². The smallest absolute Gasteiger partial charge is 0.221 e. The van der Waals surface area contributed by atoms with Gasteiger partial charge in [-0.25, -0.2) is 4.98 Å². The molecule has 0 bridgehead atoms. The minimum Gasteiger partial charge on any atom is -0.369 e. The minimum absolute atomic E-state index is 0.0299. The van der Waals surface area contributed by atoms with Crippen molar-refractivity contribution in [2.75, 3.05) is 5.73 Å². The number of para-hydroxylation sites is 1. The van der Waals surface area contributed by atoms with Gasteiger partial charge in [0.05, 0.1) is 11.1 Å². The van der Waals surface area contributed by atoms with Crippen LogP contribution in [0.4, 0.5) is 5.95 Å². The number of aromatic nitrogens is 2. The summed E-state index contributed by atoms with van der Waals surface area (Å²) in [5.41, 5.74) is 7.72. The number of nitrogen functional groups attached to an aromatic ring is 1. The van der Waals surface area contributed by atoms with E-state index in [2.05, 4.69) is 16.4 Å². The zero-order chi connectivity index (χ0) is 14.7. The van der Waals surface area contributed by atoms with Gasteiger partial charge in [0.25, 0.3) is 0 Å². The molecule has 0 aliphatic rings. The van der Waals surface area contributed by atoms with Crippen molar-refractivity contribution in [3.05, 3.63) is 23.8 Å². The van der Waals surface area contributed by atoms with Crippen LogP contribution in [0.15, 0.2) is 18.2 Å². The van der Waals surface area contributed by atoms with Crippen LogP contribution in [0.25, 0.3) is 11.0 Å². The Bertz CT molecular complexity index is 681. The first-order valence-electron chi connectivity index (χ1n) is 6.47. The second kappa shape index (κ2) is 5.61. The number of hydrogen-bond donors (Lipinski definition) is 2. The fourth-order valence-electron chi connectivity index (χ4n) is 2.10. The molecule has 0 unspecified atom stereocenters. The molecule has 0 saturated carbocycles. The second-order valence-corrected chi connectivity index (χ2v) is 4.88. The van der Waals surface area contributed by atoms with E-state index in [-0.39, 0.29) is 11.9 Å². The molecule has 0 radical (unpaired) electrons. The van der Waals surface area contributed by atoms with E-state index >= 15 is 0 Å². The molecule has 0 spiro atoms. The van der Waals surface area contributed by atoms with Gasteiger partial charge in [0.2, 0.25) is 11.9 Å². The van der Waals surface area contributed by atoms with Gasteiger partial charge < -0.3 is 15.6 Å². The van der Waals surface area contributed by atoms with Crippen LogP contribution in [-0.4, -0.2) is 21.5 Å². The van der Waals surface area contributed by atoms with Gasteiger partial charge in [-0.2, -0.15) is 5.26 Å². The molecule has 6 nitrogen and oxygen atoms in total. The Kier molecular flexibility index (Phi) is 3.89. The molecule has 20 heavy (non-hydrogen) atoms. The third-order valence-electron chi connectivity index (χ3n) is 2.94. The molecular formula is C14H17N5O. The van der Waals surface area contributed by atoms with E-state index in [1.54, 1.807) is 16.7 Å². The molecule has 3 N–H and O–H groups in total. The summed E-state index contributed by atoms with van der Waals surface area (Å²) in [6, 6.07) is 7.54. The zero-order valence-electron chi connectivity index (χ0n) is 11.6. The molecule has 1 heterocycles. The maximum atomic E-state index is 11.7. The monoisotopic (exact) mass is 271 g/mol. The third-order valence-corrected chi connectivity index (χ3v) is 2.94. The summed E-state index contributed by atoms with van der Waals surface area (Å²) in [4.78, 5) is 15.9. The molecular weight excluding hydrogens is 254 g/mol. The summed E-state index contributed by atoms with van der Waals surface area (Å²) in [6.07, 6.45) is 0.324. The van der Waals surface area contributed by atoms with Gasteiger partial charge >= 0.3 is 0 Å². The van der Waals surface area contributed by atoms with Crippen LogP contribution in [0.1, 0.15) is 25.8 Å². The van der Waals surface area contributed by atoms with Crippen LogP contribution in [-0.2, 0) is 11.3 Å². The maximum Gasteiger partial charge on any atom is 0.221 e. The van der Waals surface area contributed by atoms with Gasteiger partial charge in [-0.05, 0) is 26.0 Å². The van der Waals surface area contributed by atoms with Gasteiger partial charge in [-0.1, -0.05) is 6.07 Å². The molecule has 104 valence electrons. The first-order valence-corrected chi connectivity index (χ1v) is 6.47. The topological polar surface area (TPSA) is 96.7 Å². The number of amides is 1. The van der Waals surface area contributed by atoms with Gasteiger partial charge in [0, 0.05) is 19.0 Å². The van der Waals surface area contributed by atoms with Gasteiger partial charge in [0.15, 0.2) is 0 Å². The average molecular weight is 271 g/mol. The molecule has 1 amide bonds. The van der Waals surface area contributed by atoms with E-state index < -0.39 is 0 Å². The summed E-state index contributed by atoms with van der Waals surface area (Å²) >= 11 is 0. The fraction of sp³-hybridized carbons (Fsp3) is 0.357. The number of imidazole rings is 1. The van der Waals surface area contributed by atoms with Crippen molar-refractivity contribution < 1.29 is 4.79 Å². The van der Waals surface area contributed by atoms with Gasteiger partial charge in [-0.15, -0.1) is 0 Å². The highest BCUT2D eigenvalue weighted by molar-refractivity contribution is 5.84. The number of carbonyl (C=O) groups excluding carboxylic acids is 1. The van der Waals surface area contributed by atoms with Gasteiger partial charge in [0.1, 0.15) is 11.6 Å². The Hall–Kier alpha value is -2.55. The lowest BCUT2D eigenvalue weighted by atomic mass is 10.2. The van der Waals surface area contributed by atoms with Crippen molar-refractivity contribution >= 4 is 22.9 Å². The quantitative estimate of drug-likeness (QED) is 0.878. The van der Waals surface area contributed by atoms with Crippen LogP contribution >= 0.6 is 0 Å². The number of nitrogens with one attached hydrogen (secondary N) is 1. The van der Waals surface area contributed by atoms with Crippen LogP contribution in [0.3, 0.4) is 0 Å². The number of carbonyl (C=O) groups is 1. The maximum absolute atomic E-state index is 11.7. The van der Waals surface area contributed by atoms with Crippen LogP contribution in [0.5, 0.6) is 0 Å². The molecule has 0 aliphatic carbocycles. The summed E-state index contributed by atoms with van der Waals surface area (Å²) in [5.74, 6) is 0.290. The third kappa shape index (κ3) is 2.72. The van der Waals surface area contributed by atoms with Crippen molar-refractivity contribution in [1.29, 1.82) is 5.26 Å². The van der Waals surface area contributed by atoms with Crippen LogP contribution < -0.4 is 11.1 Å². The Balaban J connectivity index is 2.25. The molecule has 1 aromatic heterocycles. The molecule has 2 rings (SSSR count). The minimum atomic E-state index is -0.0299. The number of aryl methyl sites for hydroxylation is 1. The highest BCUT2D eigenvalue weighted by Gasteiger charge is 2.12. The number of nitriles is 1. The molecule has 0 fully saturated rings. The predicted octanol–water partition coefficient (Wildman–Crippen LogP) is 1.40. The lowest BCUT2D eigenvalue weighted by molar-refractivity contribution is -0.121. The standard InChI is InChI=1S/C14H17N5O/c1-9(2)17-12(20)6-7-19-11-5-3-4-10(8-15)13(11)18-14(19)16/h3-5,9H,6-7H2,1-2H3,(H2,16,18)(H,17,20). The number of rotatable bonds is 4. The zero-order valence-corrected chi connectivity index (χ0v) is 11.6. The lowest BCUT2D eigenvalue weighted by Gasteiger charge is -2.09. The number of nitrogens with zero attached hydrogens (tertiary/aromatic N) is 3. The molecule has 1 aromatic carbocycles. The molecule has 0 aliphatic heterocycles. The highest BCUT2D eigenvalue weighted by Crippen LogP contribution is 2.21. The number of nitrogens with two attached hydrogens (primary N) is 1. The van der Waals surface area contributed by atoms with E-state index in [0.29, 0.717) is 30.0 Å². The number of hydrogen-bond acceptors (Lipinski definition) is 4. The van der Waals surface area contributed by atoms with E-state index in [0.717, 1.165) is 5.52 Å². The highest BCUT2D eigenvalue weighted by atomic mass is 16.1. The summed E-state index contributed by atoms with van der Waals surface area (Å²) in [6.45, 7) is 4.27. The van der Waals surface area contributed by atoms with E-state index in [4.69, 9.17) is 11.0 Å². The molecule has 6 heteroatoms. The Morgan fingerprint density at radius 2 is 2.30 bits per heavy atom. The van der Waals surface area contributed by atoms with Crippen molar-refractivity contribution in [2.45, 2.75) is 32.9 Å². The number of benzene rings is 1. The fourth-order valence-corrected chi connectivity index (χ4v) is 2.10. The van der Waals surface area contributed by atoms with Crippen LogP contribution in [0.2, 0.25) is 0 Å². The van der Waals surface area contributed by atoms with Crippen molar-refractivity contribution in [3.8, 4) is 6.07 Å². The molecule has 0 atom stereocenters. The van der Waals surface area contributed by atoms with E-state index in [1.807, 2.05) is 19.9 Å². The van der Waals surface area contributed by atoms with E-state index in [9.17, 15) is 4.79 Å². The Morgan fingerprint density at radius 1 is 1.55 bits per heavy atom. The predicted molar refractivity (Wildman–Crippen MR) is 76.8 cm³/mol. The lowest BCUT2D eigenvalue weighted by Crippen LogP contribution is -2.30. The Morgan fingerprint density at radius 3 is 2.95 bits per heavy atom. The number of anilines is 1.